The number of amides is 1. The van der Waals surface area contributed by atoms with Gasteiger partial charge in [-0.15, -0.1) is 0 Å². The summed E-state index contributed by atoms with van der Waals surface area (Å²) in [5, 5.41) is 11.8. The Hall–Kier alpha value is -1.63. The molecular weight excluding hydrogens is 266 g/mol. The van der Waals surface area contributed by atoms with Crippen molar-refractivity contribution < 1.29 is 14.7 Å². The zero-order valence-corrected chi connectivity index (χ0v) is 12.0. The first-order valence-electron chi connectivity index (χ1n) is 5.83. The van der Waals surface area contributed by atoms with E-state index >= 15 is 0 Å². The fourth-order valence-corrected chi connectivity index (χ4v) is 2.28. The van der Waals surface area contributed by atoms with E-state index in [2.05, 4.69) is 15.3 Å². The van der Waals surface area contributed by atoms with Crippen LogP contribution in [0.4, 0.5) is 0 Å². The molecule has 2 N–H and O–H groups in total. The molecule has 1 atom stereocenters. The first-order valence-corrected chi connectivity index (χ1v) is 6.81. The number of hydrogen-bond acceptors (Lipinski definition) is 5. The molecule has 1 aromatic heterocycles. The van der Waals surface area contributed by atoms with Gasteiger partial charge < -0.3 is 10.4 Å². The van der Waals surface area contributed by atoms with Gasteiger partial charge in [0.1, 0.15) is 0 Å². The summed E-state index contributed by atoms with van der Waals surface area (Å²) in [6, 6.07) is 1.48. The number of nitrogens with one attached hydrogen (secondary N) is 1. The van der Waals surface area contributed by atoms with E-state index in [1.165, 1.54) is 11.8 Å². The quantitative estimate of drug-likeness (QED) is 0.601. The molecule has 0 saturated carbocycles. The summed E-state index contributed by atoms with van der Waals surface area (Å²) in [4.78, 5) is 30.5. The maximum atomic E-state index is 11.6. The van der Waals surface area contributed by atoms with Crippen molar-refractivity contribution in [2.75, 3.05) is 5.75 Å². The Morgan fingerprint density at radius 1 is 1.37 bits per heavy atom. The number of carbonyl (C=O) groups is 2. The SMILES string of the molecule is Cc1cc(C)nc(SCC(=O)NC(C)CC(=O)O)n1. The van der Waals surface area contributed by atoms with Crippen LogP contribution in [0.1, 0.15) is 24.7 Å². The van der Waals surface area contributed by atoms with Gasteiger partial charge in [-0.1, -0.05) is 11.8 Å². The van der Waals surface area contributed by atoms with E-state index in [1.54, 1.807) is 6.92 Å². The van der Waals surface area contributed by atoms with Crippen molar-refractivity contribution in [2.45, 2.75) is 38.4 Å². The minimum absolute atomic E-state index is 0.0868. The molecule has 0 radical (unpaired) electrons. The fourth-order valence-electron chi connectivity index (χ4n) is 1.52. The van der Waals surface area contributed by atoms with Gasteiger partial charge in [0.2, 0.25) is 5.91 Å². The molecule has 0 fully saturated rings. The lowest BCUT2D eigenvalue weighted by Crippen LogP contribution is -2.35. The summed E-state index contributed by atoms with van der Waals surface area (Å²) in [7, 11) is 0. The van der Waals surface area contributed by atoms with Crippen LogP contribution in [0.2, 0.25) is 0 Å². The predicted octanol–water partition coefficient (Wildman–Crippen LogP) is 1.16. The number of carboxylic acids is 1. The van der Waals surface area contributed by atoms with Gasteiger partial charge in [-0.2, -0.15) is 0 Å². The van der Waals surface area contributed by atoms with Crippen molar-refractivity contribution in [1.29, 1.82) is 0 Å². The van der Waals surface area contributed by atoms with Gasteiger partial charge in [-0.25, -0.2) is 9.97 Å². The Morgan fingerprint density at radius 3 is 2.47 bits per heavy atom. The topological polar surface area (TPSA) is 92.2 Å². The molecular formula is C12H17N3O3S. The zero-order chi connectivity index (χ0) is 14.4. The van der Waals surface area contributed by atoms with Gasteiger partial charge in [-0.3, -0.25) is 9.59 Å². The van der Waals surface area contributed by atoms with E-state index in [1.807, 2.05) is 19.9 Å². The number of hydrogen-bond donors (Lipinski definition) is 2. The van der Waals surface area contributed by atoms with Crippen LogP contribution in [0.3, 0.4) is 0 Å². The third-order valence-electron chi connectivity index (χ3n) is 2.18. The van der Waals surface area contributed by atoms with Crippen LogP contribution in [0.5, 0.6) is 0 Å². The monoisotopic (exact) mass is 283 g/mol. The van der Waals surface area contributed by atoms with Crippen molar-refractivity contribution in [3.8, 4) is 0 Å². The first kappa shape index (κ1) is 15.4. The molecule has 19 heavy (non-hydrogen) atoms. The Labute approximate surface area is 116 Å². The van der Waals surface area contributed by atoms with E-state index in [0.717, 1.165) is 11.4 Å². The number of carboxylic acid groups (broad SMARTS) is 1. The average Bonchev–Trinajstić information content (AvgIpc) is 2.23. The lowest BCUT2D eigenvalue weighted by Gasteiger charge is -2.11. The molecule has 0 aliphatic heterocycles. The summed E-state index contributed by atoms with van der Waals surface area (Å²) in [5.41, 5.74) is 1.71. The molecule has 1 rings (SSSR count). The molecule has 1 amide bonds. The van der Waals surface area contributed by atoms with Gasteiger partial charge in [0.05, 0.1) is 12.2 Å². The van der Waals surface area contributed by atoms with Gasteiger partial charge in [0.15, 0.2) is 5.16 Å². The summed E-state index contributed by atoms with van der Waals surface area (Å²) in [5.74, 6) is -0.980. The highest BCUT2D eigenvalue weighted by molar-refractivity contribution is 7.99. The number of aliphatic carboxylic acids is 1. The van der Waals surface area contributed by atoms with E-state index in [0.29, 0.717) is 5.16 Å². The molecule has 0 bridgehead atoms. The second-order valence-corrected chi connectivity index (χ2v) is 5.23. The highest BCUT2D eigenvalue weighted by Gasteiger charge is 2.12. The third kappa shape index (κ3) is 6.19. The van der Waals surface area contributed by atoms with E-state index in [-0.39, 0.29) is 24.1 Å². The lowest BCUT2D eigenvalue weighted by molar-refractivity contribution is -0.137. The minimum Gasteiger partial charge on any atom is -0.481 e. The molecule has 1 unspecified atom stereocenters. The molecule has 0 saturated heterocycles. The Balaban J connectivity index is 2.43. The maximum Gasteiger partial charge on any atom is 0.305 e. The van der Waals surface area contributed by atoms with Gasteiger partial charge in [0.25, 0.3) is 0 Å². The number of aryl methyl sites for hydroxylation is 2. The fraction of sp³-hybridized carbons (Fsp3) is 0.500. The number of aromatic nitrogens is 2. The van der Waals surface area contributed by atoms with Gasteiger partial charge in [0, 0.05) is 17.4 Å². The van der Waals surface area contributed by atoms with Crippen LogP contribution < -0.4 is 5.32 Å². The Bertz CT molecular complexity index is 459. The van der Waals surface area contributed by atoms with Gasteiger partial charge in [-0.05, 0) is 26.8 Å². The molecule has 6 nitrogen and oxygen atoms in total. The number of thioether (sulfide) groups is 1. The Morgan fingerprint density at radius 2 is 1.95 bits per heavy atom. The Kier molecular flexibility index (Phi) is 5.75. The predicted molar refractivity (Wildman–Crippen MR) is 72.1 cm³/mol. The second-order valence-electron chi connectivity index (χ2n) is 4.29. The van der Waals surface area contributed by atoms with Crippen molar-refractivity contribution in [2.24, 2.45) is 0 Å². The summed E-state index contributed by atoms with van der Waals surface area (Å²) < 4.78 is 0. The lowest BCUT2D eigenvalue weighted by atomic mass is 10.2. The van der Waals surface area contributed by atoms with E-state index in [9.17, 15) is 9.59 Å². The molecule has 0 spiro atoms. The highest BCUT2D eigenvalue weighted by Crippen LogP contribution is 2.13. The van der Waals surface area contributed by atoms with Crippen LogP contribution >= 0.6 is 11.8 Å². The third-order valence-corrected chi connectivity index (χ3v) is 3.03. The van der Waals surface area contributed by atoms with Crippen LogP contribution in [0.25, 0.3) is 0 Å². The van der Waals surface area contributed by atoms with Crippen molar-refractivity contribution in [3.05, 3.63) is 17.5 Å². The molecule has 7 heteroatoms. The smallest absolute Gasteiger partial charge is 0.305 e. The molecule has 1 heterocycles. The summed E-state index contributed by atoms with van der Waals surface area (Å²) in [6.45, 7) is 5.39. The normalized spacial score (nSPS) is 11.9. The molecule has 0 aliphatic rings. The highest BCUT2D eigenvalue weighted by atomic mass is 32.2. The van der Waals surface area contributed by atoms with E-state index in [4.69, 9.17) is 5.11 Å². The van der Waals surface area contributed by atoms with Crippen LogP contribution in [-0.4, -0.2) is 38.7 Å². The maximum absolute atomic E-state index is 11.6. The minimum atomic E-state index is -0.932. The number of carbonyl (C=O) groups excluding carboxylic acids is 1. The van der Waals surface area contributed by atoms with Crippen molar-refractivity contribution >= 4 is 23.6 Å². The second kappa shape index (κ2) is 7.08. The number of nitrogens with zero attached hydrogens (tertiary/aromatic N) is 2. The van der Waals surface area contributed by atoms with Gasteiger partial charge >= 0.3 is 5.97 Å². The largest absolute Gasteiger partial charge is 0.481 e. The standard InChI is InChI=1S/C12H17N3O3S/c1-7-4-8(2)15-12(14-7)19-6-10(16)13-9(3)5-11(17)18/h4,9H,5-6H2,1-3H3,(H,13,16)(H,17,18). The van der Waals surface area contributed by atoms with Crippen LogP contribution in [0.15, 0.2) is 11.2 Å². The van der Waals surface area contributed by atoms with Crippen LogP contribution in [0, 0.1) is 13.8 Å². The number of rotatable bonds is 6. The molecule has 0 aliphatic carbocycles. The summed E-state index contributed by atoms with van der Waals surface area (Å²) in [6.07, 6.45) is -0.0868. The zero-order valence-electron chi connectivity index (χ0n) is 11.1. The van der Waals surface area contributed by atoms with Crippen molar-refractivity contribution in [1.82, 2.24) is 15.3 Å². The molecule has 0 aromatic carbocycles. The van der Waals surface area contributed by atoms with Crippen molar-refractivity contribution in [3.63, 3.8) is 0 Å². The summed E-state index contributed by atoms with van der Waals surface area (Å²) >= 11 is 1.24. The van der Waals surface area contributed by atoms with E-state index < -0.39 is 5.97 Å². The first-order chi connectivity index (χ1) is 8.86. The van der Waals surface area contributed by atoms with Crippen LogP contribution in [-0.2, 0) is 9.59 Å². The average molecular weight is 283 g/mol. The molecule has 104 valence electrons. The molecule has 1 aromatic rings.